The molecule has 0 aromatic rings. The number of hydrogen-bond donors (Lipinski definition) is 2. The second-order valence-corrected chi connectivity index (χ2v) is 4.92. The highest BCUT2D eigenvalue weighted by atomic mass is 16.4. The Morgan fingerprint density at radius 1 is 1.44 bits per heavy atom. The number of carbonyl (C=O) groups is 2. The maximum atomic E-state index is 11.4. The van der Waals surface area contributed by atoms with E-state index in [1.165, 1.54) is 13.0 Å². The van der Waals surface area contributed by atoms with Gasteiger partial charge in [-0.2, -0.15) is 0 Å². The molecule has 1 rings (SSSR count). The van der Waals surface area contributed by atoms with Gasteiger partial charge in [-0.15, -0.1) is 0 Å². The van der Waals surface area contributed by atoms with Gasteiger partial charge in [-0.3, -0.25) is 9.59 Å². The lowest BCUT2D eigenvalue weighted by atomic mass is 9.66. The van der Waals surface area contributed by atoms with Crippen molar-refractivity contribution in [3.05, 3.63) is 24.3 Å². The quantitative estimate of drug-likeness (QED) is 0.738. The summed E-state index contributed by atoms with van der Waals surface area (Å²) in [5, 5.41) is 18.6. The molecule has 100 valence electrons. The van der Waals surface area contributed by atoms with Crippen LogP contribution in [-0.4, -0.2) is 22.2 Å². The molecule has 0 heterocycles. The lowest BCUT2D eigenvalue weighted by Gasteiger charge is -2.35. The topological polar surface area (TPSA) is 74.6 Å². The summed E-state index contributed by atoms with van der Waals surface area (Å²) in [6, 6.07) is 0. The van der Waals surface area contributed by atoms with Gasteiger partial charge in [0.1, 0.15) is 0 Å². The molecule has 0 bridgehead atoms. The lowest BCUT2D eigenvalue weighted by molar-refractivity contribution is -0.160. The molecule has 0 spiro atoms. The van der Waals surface area contributed by atoms with E-state index >= 15 is 0 Å². The predicted molar refractivity (Wildman–Crippen MR) is 68.2 cm³/mol. The van der Waals surface area contributed by atoms with Crippen molar-refractivity contribution < 1.29 is 19.8 Å². The van der Waals surface area contributed by atoms with Crippen molar-refractivity contribution in [3.8, 4) is 0 Å². The van der Waals surface area contributed by atoms with Gasteiger partial charge in [-0.05, 0) is 25.7 Å². The highest BCUT2D eigenvalue weighted by Gasteiger charge is 2.48. The highest BCUT2D eigenvalue weighted by molar-refractivity contribution is 5.85. The summed E-state index contributed by atoms with van der Waals surface area (Å²) in [6.45, 7) is 3.52. The first-order valence-electron chi connectivity index (χ1n) is 6.24. The minimum Gasteiger partial charge on any atom is -0.481 e. The number of carboxylic acid groups (broad SMARTS) is 2. The number of aliphatic carboxylic acids is 2. The fourth-order valence-electron chi connectivity index (χ4n) is 2.43. The Kier molecular flexibility index (Phi) is 4.70. The number of rotatable bonds is 5. The third-order valence-corrected chi connectivity index (χ3v) is 3.51. The predicted octanol–water partition coefficient (Wildman–Crippen LogP) is 2.71. The van der Waals surface area contributed by atoms with Crippen LogP contribution in [0.3, 0.4) is 0 Å². The Labute approximate surface area is 107 Å². The van der Waals surface area contributed by atoms with Gasteiger partial charge in [-0.1, -0.05) is 37.6 Å². The van der Waals surface area contributed by atoms with Crippen LogP contribution < -0.4 is 0 Å². The van der Waals surface area contributed by atoms with Crippen LogP contribution >= 0.6 is 0 Å². The third kappa shape index (κ3) is 2.81. The first-order chi connectivity index (χ1) is 8.43. The lowest BCUT2D eigenvalue weighted by Crippen LogP contribution is -2.44. The van der Waals surface area contributed by atoms with Crippen molar-refractivity contribution in [3.63, 3.8) is 0 Å². The maximum Gasteiger partial charge on any atom is 0.314 e. The molecule has 0 aliphatic heterocycles. The number of carboxylic acids is 2. The molecule has 0 radical (unpaired) electrons. The smallest absolute Gasteiger partial charge is 0.314 e. The Hall–Kier alpha value is -1.58. The molecule has 3 unspecified atom stereocenters. The minimum absolute atomic E-state index is 0.250. The zero-order valence-corrected chi connectivity index (χ0v) is 10.8. The molecule has 0 amide bonds. The molecule has 3 atom stereocenters. The maximum absolute atomic E-state index is 11.4. The Morgan fingerprint density at radius 3 is 2.61 bits per heavy atom. The molecule has 1 aliphatic rings. The van der Waals surface area contributed by atoms with E-state index in [1.54, 1.807) is 6.08 Å². The largest absolute Gasteiger partial charge is 0.481 e. The fraction of sp³-hybridized carbons (Fsp3) is 0.571. The molecule has 0 aromatic carbocycles. The van der Waals surface area contributed by atoms with Gasteiger partial charge in [0, 0.05) is 0 Å². The van der Waals surface area contributed by atoms with Crippen molar-refractivity contribution in [2.75, 3.05) is 0 Å². The van der Waals surface area contributed by atoms with Crippen molar-refractivity contribution in [1.29, 1.82) is 0 Å². The van der Waals surface area contributed by atoms with E-state index < -0.39 is 23.3 Å². The van der Waals surface area contributed by atoms with E-state index in [2.05, 4.69) is 0 Å². The number of unbranched alkanes of at least 4 members (excludes halogenated alkanes) is 1. The first kappa shape index (κ1) is 14.5. The zero-order chi connectivity index (χ0) is 13.8. The van der Waals surface area contributed by atoms with Crippen LogP contribution in [0.15, 0.2) is 24.3 Å². The van der Waals surface area contributed by atoms with Crippen molar-refractivity contribution >= 4 is 11.9 Å². The number of allylic oxidation sites excluding steroid dienone is 3. The molecule has 0 fully saturated rings. The van der Waals surface area contributed by atoms with E-state index in [1.807, 2.05) is 19.1 Å². The van der Waals surface area contributed by atoms with Crippen LogP contribution in [0.1, 0.15) is 33.1 Å². The Bertz CT molecular complexity index is 383. The molecule has 0 saturated carbocycles. The van der Waals surface area contributed by atoms with E-state index in [-0.39, 0.29) is 5.92 Å². The summed E-state index contributed by atoms with van der Waals surface area (Å²) in [6.07, 6.45) is 9.55. The average molecular weight is 252 g/mol. The van der Waals surface area contributed by atoms with E-state index in [0.717, 1.165) is 12.8 Å². The summed E-state index contributed by atoms with van der Waals surface area (Å²) in [5.41, 5.74) is -1.33. The zero-order valence-electron chi connectivity index (χ0n) is 10.8. The van der Waals surface area contributed by atoms with Crippen molar-refractivity contribution in [1.82, 2.24) is 0 Å². The Morgan fingerprint density at radius 2 is 2.11 bits per heavy atom. The first-order valence-corrected chi connectivity index (χ1v) is 6.24. The molecule has 4 nitrogen and oxygen atoms in total. The van der Waals surface area contributed by atoms with Crippen molar-refractivity contribution in [2.24, 2.45) is 17.3 Å². The second kappa shape index (κ2) is 5.85. The third-order valence-electron chi connectivity index (χ3n) is 3.51. The summed E-state index contributed by atoms with van der Waals surface area (Å²) >= 11 is 0. The van der Waals surface area contributed by atoms with Gasteiger partial charge < -0.3 is 10.2 Å². The molecule has 0 aromatic heterocycles. The van der Waals surface area contributed by atoms with Crippen LogP contribution in [0.5, 0.6) is 0 Å². The van der Waals surface area contributed by atoms with Gasteiger partial charge in [-0.25, -0.2) is 0 Å². The normalized spacial score (nSPS) is 31.7. The summed E-state index contributed by atoms with van der Waals surface area (Å²) in [4.78, 5) is 22.7. The standard InChI is InChI=1S/C14H20O4/c1-3-4-5-7-10-8-6-9-14(2,13(17)18)11(10)12(15)16/h5-7,9-11H,3-4,8H2,1-2H3,(H,15,16)(H,17,18). The van der Waals surface area contributed by atoms with Gasteiger partial charge in [0.05, 0.1) is 11.3 Å². The van der Waals surface area contributed by atoms with Gasteiger partial charge in [0.15, 0.2) is 0 Å². The monoisotopic (exact) mass is 252 g/mol. The molecule has 2 N–H and O–H groups in total. The molecule has 4 heteroatoms. The van der Waals surface area contributed by atoms with E-state index in [0.29, 0.717) is 6.42 Å². The molecule has 0 saturated heterocycles. The molecular weight excluding hydrogens is 232 g/mol. The van der Waals surface area contributed by atoms with Crippen LogP contribution in [0, 0.1) is 17.3 Å². The van der Waals surface area contributed by atoms with E-state index in [9.17, 15) is 19.8 Å². The SMILES string of the molecule is CCCC=CC1CC=CC(C)(C(=O)O)C1C(=O)O. The highest BCUT2D eigenvalue weighted by Crippen LogP contribution is 2.41. The van der Waals surface area contributed by atoms with Crippen LogP contribution in [0.4, 0.5) is 0 Å². The van der Waals surface area contributed by atoms with E-state index in [4.69, 9.17) is 0 Å². The van der Waals surface area contributed by atoms with Gasteiger partial charge in [0.2, 0.25) is 0 Å². The average Bonchev–Trinajstić information content (AvgIpc) is 2.28. The Balaban J connectivity index is 3.03. The van der Waals surface area contributed by atoms with Crippen molar-refractivity contribution in [2.45, 2.75) is 33.1 Å². The number of hydrogen-bond acceptors (Lipinski definition) is 2. The van der Waals surface area contributed by atoms with Gasteiger partial charge in [0.25, 0.3) is 0 Å². The molecular formula is C14H20O4. The van der Waals surface area contributed by atoms with Gasteiger partial charge >= 0.3 is 11.9 Å². The summed E-state index contributed by atoms with van der Waals surface area (Å²) < 4.78 is 0. The van der Waals surface area contributed by atoms with Crippen LogP contribution in [0.25, 0.3) is 0 Å². The van der Waals surface area contributed by atoms with Crippen LogP contribution in [-0.2, 0) is 9.59 Å². The van der Waals surface area contributed by atoms with Crippen LogP contribution in [0.2, 0.25) is 0 Å². The second-order valence-electron chi connectivity index (χ2n) is 4.92. The summed E-state index contributed by atoms with van der Waals surface area (Å²) in [5.74, 6) is -3.29. The molecule has 18 heavy (non-hydrogen) atoms. The fourth-order valence-corrected chi connectivity index (χ4v) is 2.43. The molecule has 1 aliphatic carbocycles. The summed E-state index contributed by atoms with van der Waals surface area (Å²) in [7, 11) is 0. The minimum atomic E-state index is -1.33.